The number of nitrogens with two attached hydrogens (primary N) is 1. The Labute approximate surface area is 92.1 Å². The maximum atomic E-state index is 5.67. The Morgan fingerprint density at radius 2 is 1.86 bits per heavy atom. The van der Waals surface area contributed by atoms with Gasteiger partial charge in [-0.1, -0.05) is 30.3 Å². The van der Waals surface area contributed by atoms with Gasteiger partial charge in [0, 0.05) is 0 Å². The van der Waals surface area contributed by atoms with E-state index in [1.807, 2.05) is 0 Å². The van der Waals surface area contributed by atoms with E-state index in [0.29, 0.717) is 0 Å². The molecule has 1 saturated carbocycles. The van der Waals surface area contributed by atoms with Gasteiger partial charge in [-0.3, -0.25) is 0 Å². The molecule has 0 bridgehead atoms. The Morgan fingerprint density at radius 3 is 2.43 bits per heavy atom. The molecule has 2 N–H and O–H groups in total. The number of hydrogen-bond donors (Lipinski definition) is 1. The van der Waals surface area contributed by atoms with Crippen molar-refractivity contribution in [2.24, 2.45) is 11.7 Å². The van der Waals surface area contributed by atoms with Crippen LogP contribution in [-0.2, 0) is 0 Å². The Balaban J connectivity index is 0.000000980. The van der Waals surface area contributed by atoms with E-state index in [1.165, 1.54) is 24.8 Å². The van der Waals surface area contributed by atoms with Crippen LogP contribution in [0.2, 0.25) is 0 Å². The van der Waals surface area contributed by atoms with Crippen LogP contribution in [0.15, 0.2) is 30.3 Å². The van der Waals surface area contributed by atoms with E-state index in [2.05, 4.69) is 30.3 Å². The highest BCUT2D eigenvalue weighted by Gasteiger charge is 2.24. The van der Waals surface area contributed by atoms with Gasteiger partial charge < -0.3 is 5.73 Å². The Hall–Kier alpha value is -0.530. The SMILES string of the molecule is Cl.NCC1CCC(c2ccccc2)C1. The minimum Gasteiger partial charge on any atom is -0.330 e. The average molecular weight is 212 g/mol. The smallest absolute Gasteiger partial charge is 0.00486 e. The van der Waals surface area contributed by atoms with Crippen molar-refractivity contribution < 1.29 is 0 Å². The molecule has 1 aliphatic carbocycles. The molecule has 0 aromatic heterocycles. The molecule has 0 spiro atoms. The molecule has 0 radical (unpaired) electrons. The fourth-order valence-corrected chi connectivity index (χ4v) is 2.32. The summed E-state index contributed by atoms with van der Waals surface area (Å²) in [5.74, 6) is 1.54. The van der Waals surface area contributed by atoms with Crippen LogP contribution in [0.1, 0.15) is 30.7 Å². The van der Waals surface area contributed by atoms with Gasteiger partial charge >= 0.3 is 0 Å². The minimum absolute atomic E-state index is 0. The lowest BCUT2D eigenvalue weighted by Crippen LogP contribution is -2.10. The third-order valence-corrected chi connectivity index (χ3v) is 3.15. The summed E-state index contributed by atoms with van der Waals surface area (Å²) in [6, 6.07) is 10.8. The van der Waals surface area contributed by atoms with Crippen LogP contribution in [0.5, 0.6) is 0 Å². The molecular weight excluding hydrogens is 194 g/mol. The highest BCUT2D eigenvalue weighted by atomic mass is 35.5. The second kappa shape index (κ2) is 5.38. The molecule has 78 valence electrons. The Bertz CT molecular complexity index is 260. The fraction of sp³-hybridized carbons (Fsp3) is 0.500. The lowest BCUT2D eigenvalue weighted by molar-refractivity contribution is 0.551. The summed E-state index contributed by atoms with van der Waals surface area (Å²) in [5.41, 5.74) is 7.17. The topological polar surface area (TPSA) is 26.0 Å². The number of rotatable bonds is 2. The predicted octanol–water partition coefficient (Wildman–Crippen LogP) is 2.95. The van der Waals surface area contributed by atoms with E-state index < -0.39 is 0 Å². The van der Waals surface area contributed by atoms with Crippen molar-refractivity contribution in [2.45, 2.75) is 25.2 Å². The van der Waals surface area contributed by atoms with E-state index in [4.69, 9.17) is 5.73 Å². The zero-order valence-corrected chi connectivity index (χ0v) is 9.17. The van der Waals surface area contributed by atoms with Crippen LogP contribution < -0.4 is 5.73 Å². The monoisotopic (exact) mass is 211 g/mol. The normalized spacial score (nSPS) is 25.8. The molecule has 14 heavy (non-hydrogen) atoms. The van der Waals surface area contributed by atoms with Crippen LogP contribution in [0.3, 0.4) is 0 Å². The van der Waals surface area contributed by atoms with E-state index in [-0.39, 0.29) is 12.4 Å². The lowest BCUT2D eigenvalue weighted by atomic mass is 9.96. The van der Waals surface area contributed by atoms with E-state index in [0.717, 1.165) is 18.4 Å². The molecule has 2 rings (SSSR count). The summed E-state index contributed by atoms with van der Waals surface area (Å²) in [6.45, 7) is 0.864. The maximum absolute atomic E-state index is 5.67. The van der Waals surface area contributed by atoms with Crippen LogP contribution in [0.25, 0.3) is 0 Å². The molecular formula is C12H18ClN. The largest absolute Gasteiger partial charge is 0.330 e. The molecule has 1 aromatic carbocycles. The molecule has 1 aromatic rings. The van der Waals surface area contributed by atoms with Gasteiger partial charge in [-0.05, 0) is 43.2 Å². The van der Waals surface area contributed by atoms with Gasteiger partial charge in [0.2, 0.25) is 0 Å². The van der Waals surface area contributed by atoms with E-state index in [9.17, 15) is 0 Å². The van der Waals surface area contributed by atoms with Crippen LogP contribution in [0, 0.1) is 5.92 Å². The van der Waals surface area contributed by atoms with Gasteiger partial charge in [0.05, 0.1) is 0 Å². The molecule has 1 aliphatic rings. The molecule has 1 fully saturated rings. The third-order valence-electron chi connectivity index (χ3n) is 3.15. The second-order valence-corrected chi connectivity index (χ2v) is 4.02. The molecule has 0 heterocycles. The maximum Gasteiger partial charge on any atom is -0.00486 e. The van der Waals surface area contributed by atoms with Crippen molar-refractivity contribution in [3.05, 3.63) is 35.9 Å². The summed E-state index contributed by atoms with van der Waals surface area (Å²) < 4.78 is 0. The van der Waals surface area contributed by atoms with Crippen molar-refractivity contribution in [1.29, 1.82) is 0 Å². The zero-order chi connectivity index (χ0) is 9.10. The molecule has 2 atom stereocenters. The van der Waals surface area contributed by atoms with Crippen molar-refractivity contribution in [2.75, 3.05) is 6.54 Å². The van der Waals surface area contributed by atoms with Crippen molar-refractivity contribution in [1.82, 2.24) is 0 Å². The van der Waals surface area contributed by atoms with Gasteiger partial charge in [-0.15, -0.1) is 12.4 Å². The number of halogens is 1. The Morgan fingerprint density at radius 1 is 1.14 bits per heavy atom. The summed E-state index contributed by atoms with van der Waals surface area (Å²) >= 11 is 0. The van der Waals surface area contributed by atoms with Gasteiger partial charge in [0.1, 0.15) is 0 Å². The first kappa shape index (κ1) is 11.5. The molecule has 0 aliphatic heterocycles. The van der Waals surface area contributed by atoms with Crippen molar-refractivity contribution in [3.8, 4) is 0 Å². The number of hydrogen-bond acceptors (Lipinski definition) is 1. The molecule has 0 saturated heterocycles. The highest BCUT2D eigenvalue weighted by molar-refractivity contribution is 5.85. The number of benzene rings is 1. The Kier molecular flexibility index (Phi) is 4.43. The van der Waals surface area contributed by atoms with E-state index in [1.54, 1.807) is 0 Å². The van der Waals surface area contributed by atoms with Crippen molar-refractivity contribution >= 4 is 12.4 Å². The minimum atomic E-state index is 0. The predicted molar refractivity (Wildman–Crippen MR) is 62.8 cm³/mol. The molecule has 2 unspecified atom stereocenters. The summed E-state index contributed by atoms with van der Waals surface area (Å²) in [5, 5.41) is 0. The summed E-state index contributed by atoms with van der Waals surface area (Å²) in [4.78, 5) is 0. The van der Waals surface area contributed by atoms with Crippen LogP contribution in [0.4, 0.5) is 0 Å². The average Bonchev–Trinajstić information content (AvgIpc) is 2.67. The summed E-state index contributed by atoms with van der Waals surface area (Å²) in [6.07, 6.45) is 3.93. The second-order valence-electron chi connectivity index (χ2n) is 4.02. The third kappa shape index (κ3) is 2.49. The van der Waals surface area contributed by atoms with Crippen LogP contribution >= 0.6 is 12.4 Å². The molecule has 2 heteroatoms. The van der Waals surface area contributed by atoms with E-state index >= 15 is 0 Å². The quantitative estimate of drug-likeness (QED) is 0.800. The first-order valence-electron chi connectivity index (χ1n) is 5.15. The standard InChI is InChI=1S/C12H17N.ClH/c13-9-10-6-7-12(8-10)11-4-2-1-3-5-11;/h1-5,10,12H,6-9,13H2;1H. The van der Waals surface area contributed by atoms with Gasteiger partial charge in [0.25, 0.3) is 0 Å². The molecule has 0 amide bonds. The van der Waals surface area contributed by atoms with Crippen molar-refractivity contribution in [3.63, 3.8) is 0 Å². The first-order chi connectivity index (χ1) is 6.40. The van der Waals surface area contributed by atoms with Crippen LogP contribution in [-0.4, -0.2) is 6.54 Å². The first-order valence-corrected chi connectivity index (χ1v) is 5.15. The zero-order valence-electron chi connectivity index (χ0n) is 8.36. The van der Waals surface area contributed by atoms with Gasteiger partial charge in [-0.25, -0.2) is 0 Å². The molecule has 1 nitrogen and oxygen atoms in total. The summed E-state index contributed by atoms with van der Waals surface area (Å²) in [7, 11) is 0. The van der Waals surface area contributed by atoms with Gasteiger partial charge in [-0.2, -0.15) is 0 Å². The van der Waals surface area contributed by atoms with Gasteiger partial charge in [0.15, 0.2) is 0 Å². The highest BCUT2D eigenvalue weighted by Crippen LogP contribution is 2.37. The lowest BCUT2D eigenvalue weighted by Gasteiger charge is -2.09. The fourth-order valence-electron chi connectivity index (χ4n) is 2.32.